The van der Waals surface area contributed by atoms with Crippen molar-refractivity contribution in [1.29, 1.82) is 0 Å². The zero-order valence-electron chi connectivity index (χ0n) is 19.1. The maximum absolute atomic E-state index is 13.2. The van der Waals surface area contributed by atoms with Gasteiger partial charge in [-0.25, -0.2) is 9.78 Å². The number of imidazole rings is 1. The van der Waals surface area contributed by atoms with Crippen LogP contribution in [0.1, 0.15) is 67.7 Å². The van der Waals surface area contributed by atoms with Gasteiger partial charge in [0.1, 0.15) is 5.82 Å². The van der Waals surface area contributed by atoms with Crippen LogP contribution in [0.25, 0.3) is 11.0 Å². The Kier molecular flexibility index (Phi) is 6.03. The summed E-state index contributed by atoms with van der Waals surface area (Å²) >= 11 is 0. The molecular formula is C26H31N5O2. The van der Waals surface area contributed by atoms with E-state index in [2.05, 4.69) is 28.2 Å². The molecule has 1 aliphatic carbocycles. The maximum atomic E-state index is 13.2. The van der Waals surface area contributed by atoms with Gasteiger partial charge in [0.2, 0.25) is 0 Å². The van der Waals surface area contributed by atoms with Crippen molar-refractivity contribution in [3.63, 3.8) is 0 Å². The van der Waals surface area contributed by atoms with E-state index < -0.39 is 0 Å². The number of carbonyl (C=O) groups is 2. The summed E-state index contributed by atoms with van der Waals surface area (Å²) in [7, 11) is 0. The summed E-state index contributed by atoms with van der Waals surface area (Å²) in [5, 5.41) is 6.11. The third-order valence-electron chi connectivity index (χ3n) is 6.90. The van der Waals surface area contributed by atoms with Crippen LogP contribution in [0.4, 0.5) is 10.5 Å². The fourth-order valence-electron chi connectivity index (χ4n) is 5.20. The number of para-hydroxylation sites is 2. The maximum Gasteiger partial charge on any atom is 0.322 e. The minimum absolute atomic E-state index is 0.0437. The first kappa shape index (κ1) is 21.5. The number of likely N-dealkylation sites (tertiary alicyclic amines) is 1. The number of rotatable bonds is 5. The van der Waals surface area contributed by atoms with Crippen molar-refractivity contribution in [2.24, 2.45) is 0 Å². The van der Waals surface area contributed by atoms with E-state index in [0.29, 0.717) is 17.8 Å². The molecule has 1 aromatic heterocycles. The highest BCUT2D eigenvalue weighted by atomic mass is 16.2. The van der Waals surface area contributed by atoms with Crippen molar-refractivity contribution in [2.45, 2.75) is 64.1 Å². The van der Waals surface area contributed by atoms with Crippen molar-refractivity contribution in [3.8, 4) is 0 Å². The van der Waals surface area contributed by atoms with Crippen LogP contribution in [0.15, 0.2) is 48.5 Å². The molecule has 7 heteroatoms. The van der Waals surface area contributed by atoms with Gasteiger partial charge in [-0.2, -0.15) is 0 Å². The molecule has 172 valence electrons. The van der Waals surface area contributed by atoms with Crippen LogP contribution in [0, 0.1) is 0 Å². The molecule has 2 fully saturated rings. The number of carbonyl (C=O) groups excluding carboxylic acids is 2. The summed E-state index contributed by atoms with van der Waals surface area (Å²) in [5.41, 5.74) is 3.38. The molecule has 0 bridgehead atoms. The second-order valence-electron chi connectivity index (χ2n) is 9.02. The lowest BCUT2D eigenvalue weighted by molar-refractivity contribution is 0.0938. The number of nitrogens with zero attached hydrogens (tertiary/aromatic N) is 3. The summed E-state index contributed by atoms with van der Waals surface area (Å²) < 4.78 is 2.21. The molecule has 1 saturated carbocycles. The Balaban J connectivity index is 1.28. The van der Waals surface area contributed by atoms with E-state index in [1.165, 1.54) is 12.8 Å². The number of urea groups is 1. The van der Waals surface area contributed by atoms with Crippen LogP contribution in [-0.4, -0.2) is 39.0 Å². The van der Waals surface area contributed by atoms with Crippen LogP contribution in [0.5, 0.6) is 0 Å². The number of benzene rings is 2. The van der Waals surface area contributed by atoms with Crippen LogP contribution in [-0.2, 0) is 6.54 Å². The highest BCUT2D eigenvalue weighted by Gasteiger charge is 2.33. The highest BCUT2D eigenvalue weighted by molar-refractivity contribution is 5.95. The fraction of sp³-hybridized carbons (Fsp3) is 0.423. The zero-order chi connectivity index (χ0) is 22.8. The molecule has 7 nitrogen and oxygen atoms in total. The first-order valence-corrected chi connectivity index (χ1v) is 12.1. The van der Waals surface area contributed by atoms with Gasteiger partial charge in [-0.3, -0.25) is 4.79 Å². The molecule has 0 spiro atoms. The lowest BCUT2D eigenvalue weighted by Gasteiger charge is -2.25. The molecule has 0 radical (unpaired) electrons. The lowest BCUT2D eigenvalue weighted by atomic mass is 10.1. The number of aryl methyl sites for hydroxylation is 1. The van der Waals surface area contributed by atoms with Crippen LogP contribution >= 0.6 is 0 Å². The van der Waals surface area contributed by atoms with Crippen molar-refractivity contribution in [3.05, 3.63) is 59.9 Å². The van der Waals surface area contributed by atoms with E-state index >= 15 is 0 Å². The van der Waals surface area contributed by atoms with Gasteiger partial charge < -0.3 is 20.1 Å². The number of nitrogens with one attached hydrogen (secondary N) is 2. The van der Waals surface area contributed by atoms with Crippen LogP contribution in [0.2, 0.25) is 0 Å². The average molecular weight is 446 g/mol. The number of hydrogen-bond donors (Lipinski definition) is 2. The van der Waals surface area contributed by atoms with Crippen molar-refractivity contribution >= 4 is 28.7 Å². The van der Waals surface area contributed by atoms with Crippen LogP contribution in [0.3, 0.4) is 0 Å². The summed E-state index contributed by atoms with van der Waals surface area (Å²) in [6, 6.07) is 15.4. The first-order valence-electron chi connectivity index (χ1n) is 12.1. The van der Waals surface area contributed by atoms with E-state index in [1.54, 1.807) is 24.3 Å². The number of aromatic nitrogens is 2. The Morgan fingerprint density at radius 2 is 1.76 bits per heavy atom. The predicted octanol–water partition coefficient (Wildman–Crippen LogP) is 5.10. The lowest BCUT2D eigenvalue weighted by Crippen LogP contribution is -2.35. The molecule has 2 aromatic carbocycles. The number of hydrogen-bond acceptors (Lipinski definition) is 3. The first-order chi connectivity index (χ1) is 16.1. The van der Waals surface area contributed by atoms with Gasteiger partial charge in [-0.1, -0.05) is 25.0 Å². The monoisotopic (exact) mass is 445 g/mol. The van der Waals surface area contributed by atoms with Gasteiger partial charge in [-0.05, 0) is 69.0 Å². The third kappa shape index (κ3) is 4.32. The van der Waals surface area contributed by atoms with Crippen molar-refractivity contribution < 1.29 is 9.59 Å². The Morgan fingerprint density at radius 1 is 1.00 bits per heavy atom. The van der Waals surface area contributed by atoms with Crippen molar-refractivity contribution in [2.75, 3.05) is 11.9 Å². The molecule has 3 amide bonds. The molecule has 2 N–H and O–H groups in total. The molecule has 1 saturated heterocycles. The molecule has 1 unspecified atom stereocenters. The summed E-state index contributed by atoms with van der Waals surface area (Å²) in [6.45, 7) is 3.62. The Hall–Kier alpha value is -3.35. The molecule has 2 heterocycles. The second kappa shape index (κ2) is 9.25. The minimum Gasteiger partial charge on any atom is -0.349 e. The van der Waals surface area contributed by atoms with Crippen LogP contribution < -0.4 is 10.6 Å². The molecule has 5 rings (SSSR count). The van der Waals surface area contributed by atoms with E-state index in [0.717, 1.165) is 49.1 Å². The fourth-order valence-corrected chi connectivity index (χ4v) is 5.20. The van der Waals surface area contributed by atoms with Gasteiger partial charge >= 0.3 is 6.03 Å². The quantitative estimate of drug-likeness (QED) is 0.574. The smallest absolute Gasteiger partial charge is 0.322 e. The van der Waals surface area contributed by atoms with E-state index in [-0.39, 0.29) is 24.0 Å². The number of anilines is 1. The van der Waals surface area contributed by atoms with Gasteiger partial charge in [0, 0.05) is 30.4 Å². The molecule has 1 atom stereocenters. The highest BCUT2D eigenvalue weighted by Crippen LogP contribution is 2.34. The normalized spacial score (nSPS) is 18.7. The van der Waals surface area contributed by atoms with E-state index in [9.17, 15) is 9.59 Å². The molecule has 1 aliphatic heterocycles. The van der Waals surface area contributed by atoms with E-state index in [1.807, 2.05) is 23.1 Å². The topological polar surface area (TPSA) is 79.3 Å². The molecule has 33 heavy (non-hydrogen) atoms. The number of fused-ring (bicyclic) bond motifs is 1. The zero-order valence-corrected chi connectivity index (χ0v) is 19.1. The third-order valence-corrected chi connectivity index (χ3v) is 6.90. The summed E-state index contributed by atoms with van der Waals surface area (Å²) in [4.78, 5) is 32.4. The van der Waals surface area contributed by atoms with Crippen molar-refractivity contribution in [1.82, 2.24) is 19.8 Å². The van der Waals surface area contributed by atoms with E-state index in [4.69, 9.17) is 4.98 Å². The SMILES string of the molecule is CCn1c(C2CCCN2C(=O)Nc2ccc(C(=O)NC3CCCC3)cc2)nc2ccccc21. The summed E-state index contributed by atoms with van der Waals surface area (Å²) in [5.74, 6) is 0.906. The van der Waals surface area contributed by atoms with Gasteiger partial charge in [-0.15, -0.1) is 0 Å². The Bertz CT molecular complexity index is 1150. The largest absolute Gasteiger partial charge is 0.349 e. The standard InChI is InChI=1S/C26H31N5O2/c1-2-30-22-11-6-5-10-21(22)29-24(30)23-12-7-17-31(23)26(33)28-20-15-13-18(14-16-20)25(32)27-19-8-3-4-9-19/h5-6,10-11,13-16,19,23H,2-4,7-9,12,17H2,1H3,(H,27,32)(H,28,33). The predicted molar refractivity (Wildman–Crippen MR) is 129 cm³/mol. The summed E-state index contributed by atoms with van der Waals surface area (Å²) in [6.07, 6.45) is 6.33. The second-order valence-corrected chi connectivity index (χ2v) is 9.02. The molecule has 3 aromatic rings. The molecular weight excluding hydrogens is 414 g/mol. The van der Waals surface area contributed by atoms with Gasteiger partial charge in [0.15, 0.2) is 0 Å². The Labute approximate surface area is 194 Å². The minimum atomic E-state index is -0.129. The average Bonchev–Trinajstić information content (AvgIpc) is 3.58. The number of amides is 3. The Morgan fingerprint density at radius 3 is 2.52 bits per heavy atom. The van der Waals surface area contributed by atoms with Gasteiger partial charge in [0.25, 0.3) is 5.91 Å². The van der Waals surface area contributed by atoms with Gasteiger partial charge in [0.05, 0.1) is 17.1 Å². The molecule has 2 aliphatic rings.